The molecular formula is C43H32F6N12O5. The van der Waals surface area contributed by atoms with E-state index in [0.29, 0.717) is 25.2 Å². The van der Waals surface area contributed by atoms with Crippen LogP contribution in [0.5, 0.6) is 12.0 Å². The van der Waals surface area contributed by atoms with E-state index in [2.05, 4.69) is 50.7 Å². The number of nitrogens with zero attached hydrogens (tertiary/aromatic N) is 10. The molecule has 0 saturated carbocycles. The summed E-state index contributed by atoms with van der Waals surface area (Å²) in [6, 6.07) is 16.8. The fourth-order valence-corrected chi connectivity index (χ4v) is 7.07. The van der Waals surface area contributed by atoms with Gasteiger partial charge in [0.1, 0.15) is 17.7 Å². The molecule has 8 aromatic rings. The molecule has 0 radical (unpaired) electrons. The van der Waals surface area contributed by atoms with Crippen molar-refractivity contribution in [1.82, 2.24) is 49.1 Å². The van der Waals surface area contributed by atoms with Crippen LogP contribution < -0.4 is 20.1 Å². The minimum absolute atomic E-state index is 0.0136. The third kappa shape index (κ3) is 9.27. The molecule has 0 aliphatic carbocycles. The van der Waals surface area contributed by atoms with Gasteiger partial charge in [0.25, 0.3) is 11.8 Å². The maximum atomic E-state index is 14.2. The SMILES string of the molecule is O=C(Nc1ccnc(OCCCc2cc(-c3ccccc3C(F)(F)F)nn3c(C(=O)Nc4ccnc(O[C@H]5CCOC5)n4)cnc23)n1)c1cnc2ccc(-c3ccccc3C(F)(F)F)nn12. The van der Waals surface area contributed by atoms with Gasteiger partial charge in [-0.3, -0.25) is 9.59 Å². The minimum atomic E-state index is -4.72. The summed E-state index contributed by atoms with van der Waals surface area (Å²) >= 11 is 0. The van der Waals surface area contributed by atoms with Gasteiger partial charge in [-0.2, -0.15) is 46.5 Å². The number of alkyl halides is 6. The maximum absolute atomic E-state index is 14.2. The Morgan fingerprint density at radius 3 is 1.98 bits per heavy atom. The lowest BCUT2D eigenvalue weighted by Crippen LogP contribution is -2.19. The predicted molar refractivity (Wildman–Crippen MR) is 220 cm³/mol. The first-order chi connectivity index (χ1) is 31.8. The zero-order valence-electron chi connectivity index (χ0n) is 33.9. The molecule has 336 valence electrons. The van der Waals surface area contributed by atoms with Gasteiger partial charge in [0.05, 0.1) is 54.7 Å². The van der Waals surface area contributed by atoms with Crippen molar-refractivity contribution in [2.24, 2.45) is 0 Å². The highest BCUT2D eigenvalue weighted by Crippen LogP contribution is 2.38. The van der Waals surface area contributed by atoms with Crippen LogP contribution >= 0.6 is 0 Å². The van der Waals surface area contributed by atoms with Gasteiger partial charge in [0.2, 0.25) is 0 Å². The molecule has 1 aliphatic rings. The highest BCUT2D eigenvalue weighted by molar-refractivity contribution is 6.03. The van der Waals surface area contributed by atoms with Crippen LogP contribution in [0.15, 0.2) is 104 Å². The molecule has 1 aliphatic heterocycles. The lowest BCUT2D eigenvalue weighted by molar-refractivity contribution is -0.137. The topological polar surface area (TPSA) is 198 Å². The molecule has 1 fully saturated rings. The Labute approximate surface area is 367 Å². The lowest BCUT2D eigenvalue weighted by atomic mass is 10.0. The second kappa shape index (κ2) is 17.8. The number of rotatable bonds is 13. The summed E-state index contributed by atoms with van der Waals surface area (Å²) in [7, 11) is 0. The summed E-state index contributed by atoms with van der Waals surface area (Å²) in [6.07, 6.45) is -3.36. The Kier molecular flexibility index (Phi) is 11.7. The first-order valence-corrected chi connectivity index (χ1v) is 20.0. The van der Waals surface area contributed by atoms with Crippen molar-refractivity contribution in [3.63, 3.8) is 0 Å². The average molecular weight is 911 g/mol. The van der Waals surface area contributed by atoms with Crippen molar-refractivity contribution in [1.29, 1.82) is 0 Å². The van der Waals surface area contributed by atoms with Gasteiger partial charge in [-0.1, -0.05) is 36.4 Å². The van der Waals surface area contributed by atoms with E-state index in [9.17, 15) is 35.9 Å². The Bertz CT molecular complexity index is 3100. The monoisotopic (exact) mass is 910 g/mol. The van der Waals surface area contributed by atoms with E-state index in [-0.39, 0.29) is 94.4 Å². The molecule has 0 unspecified atom stereocenters. The van der Waals surface area contributed by atoms with E-state index in [4.69, 9.17) is 14.2 Å². The van der Waals surface area contributed by atoms with E-state index in [1.165, 1.54) is 96.0 Å². The quantitative estimate of drug-likeness (QED) is 0.0858. The summed E-state index contributed by atoms with van der Waals surface area (Å²) in [5.41, 5.74) is -1.71. The largest absolute Gasteiger partial charge is 0.463 e. The summed E-state index contributed by atoms with van der Waals surface area (Å²) in [5.74, 6) is -1.34. The van der Waals surface area contributed by atoms with Crippen LogP contribution in [-0.2, 0) is 23.5 Å². The number of ether oxygens (including phenoxy) is 3. The number of carbonyl (C=O) groups is 2. The number of carbonyl (C=O) groups excluding carboxylic acids is 2. The molecule has 23 heteroatoms. The highest BCUT2D eigenvalue weighted by Gasteiger charge is 2.35. The third-order valence-corrected chi connectivity index (χ3v) is 10.1. The Balaban J connectivity index is 0.912. The van der Waals surface area contributed by atoms with Crippen LogP contribution in [0.25, 0.3) is 33.8 Å². The second-order valence-electron chi connectivity index (χ2n) is 14.6. The number of benzene rings is 2. The fourth-order valence-electron chi connectivity index (χ4n) is 7.07. The average Bonchev–Trinajstić information content (AvgIpc) is 4.08. The van der Waals surface area contributed by atoms with E-state index in [0.717, 1.165) is 16.6 Å². The van der Waals surface area contributed by atoms with Gasteiger partial charge in [-0.05, 0) is 60.9 Å². The van der Waals surface area contributed by atoms with Crippen LogP contribution in [0, 0.1) is 0 Å². The van der Waals surface area contributed by atoms with Gasteiger partial charge in [0, 0.05) is 29.9 Å². The van der Waals surface area contributed by atoms with Crippen molar-refractivity contribution in [2.75, 3.05) is 30.5 Å². The number of aryl methyl sites for hydroxylation is 1. The van der Waals surface area contributed by atoms with Crippen molar-refractivity contribution in [3.05, 3.63) is 132 Å². The third-order valence-electron chi connectivity index (χ3n) is 10.1. The molecule has 0 bridgehead atoms. The van der Waals surface area contributed by atoms with E-state index >= 15 is 0 Å². The van der Waals surface area contributed by atoms with Crippen molar-refractivity contribution >= 4 is 34.7 Å². The van der Waals surface area contributed by atoms with Crippen LogP contribution in [-0.4, -0.2) is 86.9 Å². The zero-order valence-corrected chi connectivity index (χ0v) is 33.9. The lowest BCUT2D eigenvalue weighted by Gasteiger charge is -2.14. The van der Waals surface area contributed by atoms with Gasteiger partial charge >= 0.3 is 24.4 Å². The molecule has 9 rings (SSSR count). The van der Waals surface area contributed by atoms with Gasteiger partial charge < -0.3 is 24.8 Å². The van der Waals surface area contributed by atoms with Crippen molar-refractivity contribution < 1.29 is 50.1 Å². The predicted octanol–water partition coefficient (Wildman–Crippen LogP) is 7.41. The molecule has 2 aromatic carbocycles. The smallest absolute Gasteiger partial charge is 0.417 e. The molecule has 17 nitrogen and oxygen atoms in total. The fraction of sp³-hybridized carbons (Fsp3) is 0.209. The number of fused-ring (bicyclic) bond motifs is 2. The molecule has 0 spiro atoms. The number of anilines is 2. The highest BCUT2D eigenvalue weighted by atomic mass is 19.4. The summed E-state index contributed by atoms with van der Waals surface area (Å²) in [4.78, 5) is 52.3. The van der Waals surface area contributed by atoms with Crippen LogP contribution in [0.2, 0.25) is 0 Å². The molecule has 2 N–H and O–H groups in total. The number of aromatic nitrogens is 10. The van der Waals surface area contributed by atoms with Crippen LogP contribution in [0.4, 0.5) is 38.0 Å². The molecule has 6 aromatic heterocycles. The molecule has 7 heterocycles. The molecule has 66 heavy (non-hydrogen) atoms. The number of hydrogen-bond donors (Lipinski definition) is 2. The maximum Gasteiger partial charge on any atom is 0.417 e. The zero-order chi connectivity index (χ0) is 46.0. The minimum Gasteiger partial charge on any atom is -0.463 e. The van der Waals surface area contributed by atoms with E-state index < -0.39 is 35.3 Å². The van der Waals surface area contributed by atoms with Crippen LogP contribution in [0.3, 0.4) is 0 Å². The van der Waals surface area contributed by atoms with Gasteiger partial charge in [0.15, 0.2) is 22.7 Å². The Morgan fingerprint density at radius 2 is 1.32 bits per heavy atom. The Morgan fingerprint density at radius 1 is 0.712 bits per heavy atom. The molecule has 1 saturated heterocycles. The van der Waals surface area contributed by atoms with Crippen LogP contribution in [0.1, 0.15) is 50.5 Å². The van der Waals surface area contributed by atoms with Crippen molar-refractivity contribution in [2.45, 2.75) is 37.7 Å². The number of amides is 2. The van der Waals surface area contributed by atoms with E-state index in [1.807, 2.05) is 0 Å². The summed E-state index contributed by atoms with van der Waals surface area (Å²) in [6.45, 7) is 0.887. The normalized spacial score (nSPS) is 14.1. The first kappa shape index (κ1) is 43.2. The van der Waals surface area contributed by atoms with Gasteiger partial charge in [-0.25, -0.2) is 29.0 Å². The second-order valence-corrected chi connectivity index (χ2v) is 14.6. The molecule has 1 atom stereocenters. The standard InChI is InChI=1S/C43H32F6N12O5/c44-42(45,46)28-9-3-1-7-26(28)30-11-12-36-52-21-32(60(36)58-30)38(62)54-34-13-16-50-40(56-34)65-18-5-6-24-20-31(27-8-2-4-10-29(27)43(47,48)49)59-61-33(22-53-37(24)61)39(63)55-35-14-17-51-41(57-35)66-25-15-19-64-23-25/h1-4,7-14,16-17,20-22,25H,5-6,15,18-19,23H2,(H,50,54,56,62)(H,51,55,57,63)/t25-/m0/s1. The van der Waals surface area contributed by atoms with Crippen molar-refractivity contribution in [3.8, 4) is 34.5 Å². The van der Waals surface area contributed by atoms with Gasteiger partial charge in [-0.15, -0.1) is 0 Å². The number of halogens is 6. The Hall–Kier alpha value is -8.08. The summed E-state index contributed by atoms with van der Waals surface area (Å²) in [5, 5.41) is 14.0. The number of imidazole rings is 2. The molecular weight excluding hydrogens is 879 g/mol. The summed E-state index contributed by atoms with van der Waals surface area (Å²) < 4.78 is 103. The number of nitrogens with one attached hydrogen (secondary N) is 2. The molecule has 2 amide bonds. The number of hydrogen-bond acceptors (Lipinski definition) is 13. The first-order valence-electron chi connectivity index (χ1n) is 20.0. The van der Waals surface area contributed by atoms with E-state index in [1.54, 1.807) is 0 Å².